The van der Waals surface area contributed by atoms with Gasteiger partial charge >= 0.3 is 6.03 Å². The summed E-state index contributed by atoms with van der Waals surface area (Å²) in [6.45, 7) is 5.79. The van der Waals surface area contributed by atoms with Crippen LogP contribution >= 0.6 is 0 Å². The van der Waals surface area contributed by atoms with Gasteiger partial charge in [-0.05, 0) is 57.9 Å². The Labute approximate surface area is 254 Å². The first-order chi connectivity index (χ1) is 21.0. The van der Waals surface area contributed by atoms with E-state index < -0.39 is 46.4 Å². The lowest BCUT2D eigenvalue weighted by Crippen LogP contribution is -2.42. The zero-order valence-electron chi connectivity index (χ0n) is 24.6. The number of anilines is 2. The van der Waals surface area contributed by atoms with Crippen molar-refractivity contribution in [1.29, 1.82) is 0 Å². The van der Waals surface area contributed by atoms with Gasteiger partial charge in [-0.1, -0.05) is 19.3 Å². The molecule has 44 heavy (non-hydrogen) atoms. The Morgan fingerprint density at radius 3 is 2.45 bits per heavy atom. The molecule has 3 aliphatic rings. The molecule has 15 nitrogen and oxygen atoms in total. The van der Waals surface area contributed by atoms with Crippen LogP contribution in [0, 0.1) is 0 Å². The van der Waals surface area contributed by atoms with Gasteiger partial charge in [0.25, 0.3) is 5.91 Å². The fraction of sp³-hybridized carbons (Fsp3) is 0.536. The van der Waals surface area contributed by atoms with Gasteiger partial charge in [0.15, 0.2) is 35.1 Å². The van der Waals surface area contributed by atoms with Gasteiger partial charge < -0.3 is 24.8 Å². The molecule has 0 spiro atoms. The van der Waals surface area contributed by atoms with Crippen molar-refractivity contribution in [2.45, 2.75) is 94.1 Å². The number of rotatable bonds is 8. The summed E-state index contributed by atoms with van der Waals surface area (Å²) >= 11 is 0. The molecule has 4 atom stereocenters. The van der Waals surface area contributed by atoms with E-state index >= 15 is 0 Å². The summed E-state index contributed by atoms with van der Waals surface area (Å²) < 4.78 is 48.2. The number of hydrogen-bond donors (Lipinski definition) is 4. The quantitative estimate of drug-likeness (QED) is 0.289. The number of nitrogens with one attached hydrogen (secondary N) is 4. The van der Waals surface area contributed by atoms with Gasteiger partial charge in [0.2, 0.25) is 10.0 Å². The highest BCUT2D eigenvalue weighted by atomic mass is 32.2. The van der Waals surface area contributed by atoms with Crippen LogP contribution in [0.15, 0.2) is 41.8 Å². The maximum atomic E-state index is 12.9. The summed E-state index contributed by atoms with van der Waals surface area (Å²) in [6, 6.07) is 5.26. The number of benzene rings is 1. The molecule has 4 heterocycles. The Balaban J connectivity index is 1.15. The highest BCUT2D eigenvalue weighted by Crippen LogP contribution is 2.44. The minimum atomic E-state index is -3.66. The summed E-state index contributed by atoms with van der Waals surface area (Å²) in [4.78, 5) is 38.7. The molecular weight excluding hydrogens is 592 g/mol. The number of imidazole rings is 1. The number of aromatic nitrogens is 4. The minimum Gasteiger partial charge on any atom is -0.354 e. The Kier molecular flexibility index (Phi) is 8.27. The van der Waals surface area contributed by atoms with Crippen LogP contribution < -0.4 is 20.7 Å². The molecule has 1 saturated carbocycles. The van der Waals surface area contributed by atoms with Gasteiger partial charge in [-0.25, -0.2) is 32.9 Å². The Morgan fingerprint density at radius 1 is 1.00 bits per heavy atom. The van der Waals surface area contributed by atoms with Crippen LogP contribution in [0.4, 0.5) is 16.3 Å². The van der Waals surface area contributed by atoms with Crippen molar-refractivity contribution in [2.24, 2.45) is 0 Å². The fourth-order valence-corrected chi connectivity index (χ4v) is 7.22. The molecule has 0 bridgehead atoms. The van der Waals surface area contributed by atoms with Gasteiger partial charge in [-0.3, -0.25) is 14.7 Å². The molecule has 0 radical (unpaired) electrons. The second kappa shape index (κ2) is 12.0. The van der Waals surface area contributed by atoms with Crippen molar-refractivity contribution in [1.82, 2.24) is 29.6 Å². The summed E-state index contributed by atoms with van der Waals surface area (Å²) in [6.07, 6.45) is 4.64. The van der Waals surface area contributed by atoms with E-state index in [0.717, 1.165) is 32.1 Å². The molecule has 16 heteroatoms. The number of carbonyl (C=O) groups is 2. The third-order valence-electron chi connectivity index (χ3n) is 7.85. The van der Waals surface area contributed by atoms with Gasteiger partial charge in [0.05, 0.1) is 11.2 Å². The van der Waals surface area contributed by atoms with Gasteiger partial charge in [-0.15, -0.1) is 0 Å². The lowest BCUT2D eigenvalue weighted by molar-refractivity contribution is -0.197. The molecule has 3 amide bonds. The predicted molar refractivity (Wildman–Crippen MR) is 158 cm³/mol. The first-order valence-corrected chi connectivity index (χ1v) is 16.2. The van der Waals surface area contributed by atoms with E-state index in [2.05, 4.69) is 35.6 Å². The number of sulfonamides is 1. The number of amides is 3. The van der Waals surface area contributed by atoms with Crippen LogP contribution in [0.3, 0.4) is 0 Å². The zero-order chi connectivity index (χ0) is 31.1. The number of fused-ring (bicyclic) bond motifs is 2. The molecule has 3 aromatic rings. The van der Waals surface area contributed by atoms with E-state index in [1.807, 2.05) is 6.92 Å². The van der Waals surface area contributed by atoms with Crippen LogP contribution in [-0.2, 0) is 29.0 Å². The number of ether oxygens (including phenoxy) is 3. The number of carbonyl (C=O) groups excluding carboxylic acids is 2. The van der Waals surface area contributed by atoms with Crippen molar-refractivity contribution >= 4 is 44.6 Å². The van der Waals surface area contributed by atoms with E-state index in [4.69, 9.17) is 14.2 Å². The first-order valence-electron chi connectivity index (χ1n) is 14.7. The lowest BCUT2D eigenvalue weighted by Gasteiger charge is -2.24. The number of hydrogen-bond acceptors (Lipinski definition) is 10. The topological polar surface area (TPSA) is 188 Å². The van der Waals surface area contributed by atoms with Crippen molar-refractivity contribution in [2.75, 3.05) is 17.2 Å². The average molecular weight is 629 g/mol. The summed E-state index contributed by atoms with van der Waals surface area (Å²) in [5.41, 5.74) is 1.03. The smallest absolute Gasteiger partial charge is 0.324 e. The maximum Gasteiger partial charge on any atom is 0.324 e. The fourth-order valence-electron chi connectivity index (χ4n) is 5.91. The predicted octanol–water partition coefficient (Wildman–Crippen LogP) is 2.63. The number of urea groups is 1. The van der Waals surface area contributed by atoms with Gasteiger partial charge in [0, 0.05) is 18.3 Å². The Bertz CT molecular complexity index is 1640. The first kappa shape index (κ1) is 30.3. The van der Waals surface area contributed by atoms with E-state index in [9.17, 15) is 18.0 Å². The van der Waals surface area contributed by atoms with E-state index in [-0.39, 0.29) is 28.2 Å². The van der Waals surface area contributed by atoms with Crippen molar-refractivity contribution < 1.29 is 32.2 Å². The van der Waals surface area contributed by atoms with Crippen LogP contribution in [0.5, 0.6) is 0 Å². The highest BCUT2D eigenvalue weighted by molar-refractivity contribution is 7.89. The second-order valence-electron chi connectivity index (χ2n) is 11.5. The normalized spacial score (nSPS) is 25.1. The van der Waals surface area contributed by atoms with Crippen molar-refractivity contribution in [3.63, 3.8) is 0 Å². The molecule has 2 aliphatic heterocycles. The number of nitrogens with zero attached hydrogens (tertiary/aromatic N) is 4. The summed E-state index contributed by atoms with van der Waals surface area (Å²) in [5, 5.41) is 8.12. The van der Waals surface area contributed by atoms with Crippen LogP contribution in [0.25, 0.3) is 11.2 Å². The Hall–Kier alpha value is -3.70. The Morgan fingerprint density at radius 2 is 1.73 bits per heavy atom. The van der Waals surface area contributed by atoms with Crippen LogP contribution in [0.2, 0.25) is 0 Å². The second-order valence-corrected chi connectivity index (χ2v) is 13.2. The molecule has 236 valence electrons. The molecule has 2 aromatic heterocycles. The average Bonchev–Trinajstić information content (AvgIpc) is 3.64. The van der Waals surface area contributed by atoms with E-state index in [1.165, 1.54) is 36.9 Å². The molecule has 1 aromatic carbocycles. The molecule has 2 saturated heterocycles. The van der Waals surface area contributed by atoms with Crippen molar-refractivity contribution in [3.8, 4) is 0 Å². The zero-order valence-corrected chi connectivity index (χ0v) is 25.5. The minimum absolute atomic E-state index is 0.0555. The standard InChI is InChI=1S/C28H36N8O7S/c1-4-29-25(37)21-20-22(43-28(2,3)42-20)26(41-21)36-15-32-19-23(30-14-31-24(19)36)34-27(38)33-16-10-12-18(13-11-16)44(39,40)35-17-8-6-5-7-9-17/h10-15,17,20-22,26,35H,4-9H2,1-3H3,(H,29,37)(H2,30,31,33,34,38)/t20-,21+,22-,26-/m1/s1. The number of likely N-dealkylation sites (N-methyl/N-ethyl adjacent to an activating group) is 1. The molecule has 1 aliphatic carbocycles. The monoisotopic (exact) mass is 628 g/mol. The molecule has 0 unspecified atom stereocenters. The summed E-state index contributed by atoms with van der Waals surface area (Å²) in [7, 11) is -3.66. The van der Waals surface area contributed by atoms with Crippen LogP contribution in [0.1, 0.15) is 59.1 Å². The SMILES string of the molecule is CCNC(=O)[C@H]1O[C@@H](n2cnc3c(NC(=O)Nc4ccc(S(=O)(=O)NC5CCCCC5)cc4)ncnc32)[C@@H]2OC(C)(C)O[C@@H]21. The molecule has 6 rings (SSSR count). The third kappa shape index (κ3) is 6.12. The van der Waals surface area contributed by atoms with Crippen molar-refractivity contribution in [3.05, 3.63) is 36.9 Å². The van der Waals surface area contributed by atoms with Gasteiger partial charge in [0.1, 0.15) is 18.5 Å². The lowest BCUT2D eigenvalue weighted by atomic mass is 9.96. The largest absolute Gasteiger partial charge is 0.354 e. The molecule has 4 N–H and O–H groups in total. The summed E-state index contributed by atoms with van der Waals surface area (Å²) in [5.74, 6) is -1.09. The molecule has 3 fully saturated rings. The molecular formula is C28H36N8O7S. The van der Waals surface area contributed by atoms with E-state index in [0.29, 0.717) is 17.9 Å². The highest BCUT2D eigenvalue weighted by Gasteiger charge is 2.58. The maximum absolute atomic E-state index is 12.9. The third-order valence-corrected chi connectivity index (χ3v) is 9.39. The van der Waals surface area contributed by atoms with Gasteiger partial charge in [-0.2, -0.15) is 0 Å². The van der Waals surface area contributed by atoms with Crippen LogP contribution in [-0.4, -0.2) is 76.6 Å². The van der Waals surface area contributed by atoms with E-state index in [1.54, 1.807) is 18.4 Å².